The lowest BCUT2D eigenvalue weighted by Gasteiger charge is -2.11. The molecule has 1 aromatic heterocycles. The molecule has 6 heteroatoms. The van der Waals surface area contributed by atoms with E-state index in [1.807, 2.05) is 17.7 Å². The summed E-state index contributed by atoms with van der Waals surface area (Å²) < 4.78 is 7.02. The van der Waals surface area contributed by atoms with Gasteiger partial charge in [-0.05, 0) is 6.92 Å². The molecule has 0 aliphatic heterocycles. The average Bonchev–Trinajstić information content (AvgIpc) is 2.62. The predicted molar refractivity (Wildman–Crippen MR) is 57.1 cm³/mol. The maximum Gasteiger partial charge on any atom is 0.313 e. The van der Waals surface area contributed by atoms with Crippen LogP contribution in [0, 0.1) is 0 Å². The van der Waals surface area contributed by atoms with Gasteiger partial charge in [-0.15, -0.1) is 0 Å². The SMILES string of the molecule is COC(C)Cn1ccnc1SCC(=O)O. The van der Waals surface area contributed by atoms with Gasteiger partial charge in [0.05, 0.1) is 18.4 Å². The van der Waals surface area contributed by atoms with Crippen molar-refractivity contribution in [3.05, 3.63) is 12.4 Å². The van der Waals surface area contributed by atoms with Crippen LogP contribution in [0.25, 0.3) is 0 Å². The molecule has 0 saturated carbocycles. The Hall–Kier alpha value is -1.01. The highest BCUT2D eigenvalue weighted by Crippen LogP contribution is 2.15. The molecule has 1 unspecified atom stereocenters. The third kappa shape index (κ3) is 3.93. The van der Waals surface area contributed by atoms with Crippen molar-refractivity contribution in [3.8, 4) is 0 Å². The van der Waals surface area contributed by atoms with E-state index in [0.717, 1.165) is 0 Å². The van der Waals surface area contributed by atoms with Gasteiger partial charge in [0.15, 0.2) is 5.16 Å². The number of ether oxygens (including phenoxy) is 1. The Kier molecular flexibility index (Phi) is 4.64. The Bertz CT molecular complexity index is 327. The summed E-state index contributed by atoms with van der Waals surface area (Å²) in [5.74, 6) is -0.812. The lowest BCUT2D eigenvalue weighted by molar-refractivity contribution is -0.133. The zero-order chi connectivity index (χ0) is 11.3. The standard InChI is InChI=1S/C9H14N2O3S/c1-7(14-2)5-11-4-3-10-9(11)15-6-8(12)13/h3-4,7H,5-6H2,1-2H3,(H,12,13). The smallest absolute Gasteiger partial charge is 0.313 e. The number of hydrogen-bond donors (Lipinski definition) is 1. The molecule has 0 radical (unpaired) electrons. The Labute approximate surface area is 92.5 Å². The van der Waals surface area contributed by atoms with Crippen molar-refractivity contribution in [2.45, 2.75) is 24.7 Å². The van der Waals surface area contributed by atoms with Crippen LogP contribution < -0.4 is 0 Å². The number of imidazole rings is 1. The van der Waals surface area contributed by atoms with Gasteiger partial charge in [-0.1, -0.05) is 11.8 Å². The number of aliphatic carboxylic acids is 1. The number of carboxylic acids is 1. The van der Waals surface area contributed by atoms with Crippen molar-refractivity contribution < 1.29 is 14.6 Å². The van der Waals surface area contributed by atoms with Crippen LogP contribution in [-0.4, -0.2) is 39.6 Å². The van der Waals surface area contributed by atoms with E-state index >= 15 is 0 Å². The van der Waals surface area contributed by atoms with Crippen LogP contribution >= 0.6 is 11.8 Å². The van der Waals surface area contributed by atoms with Crippen LogP contribution in [0.15, 0.2) is 17.6 Å². The molecular weight excluding hydrogens is 216 g/mol. The highest BCUT2D eigenvalue weighted by Gasteiger charge is 2.08. The minimum atomic E-state index is -0.839. The zero-order valence-electron chi connectivity index (χ0n) is 8.71. The van der Waals surface area contributed by atoms with Crippen LogP contribution in [-0.2, 0) is 16.1 Å². The van der Waals surface area contributed by atoms with Gasteiger partial charge in [0.25, 0.3) is 0 Å². The number of nitrogens with zero attached hydrogens (tertiary/aromatic N) is 2. The third-order valence-corrected chi connectivity index (χ3v) is 2.85. The summed E-state index contributed by atoms with van der Waals surface area (Å²) in [6.45, 7) is 2.63. The molecule has 0 spiro atoms. The van der Waals surface area contributed by atoms with E-state index in [4.69, 9.17) is 9.84 Å². The van der Waals surface area contributed by atoms with Gasteiger partial charge in [0.2, 0.25) is 0 Å². The average molecular weight is 230 g/mol. The molecule has 0 bridgehead atoms. The van der Waals surface area contributed by atoms with Gasteiger partial charge >= 0.3 is 5.97 Å². The van der Waals surface area contributed by atoms with E-state index in [9.17, 15) is 4.79 Å². The molecule has 84 valence electrons. The Morgan fingerprint density at radius 3 is 3.13 bits per heavy atom. The van der Waals surface area contributed by atoms with Gasteiger partial charge in [0, 0.05) is 19.5 Å². The number of carbonyl (C=O) groups is 1. The molecule has 15 heavy (non-hydrogen) atoms. The topological polar surface area (TPSA) is 64.4 Å². The molecular formula is C9H14N2O3S. The summed E-state index contributed by atoms with van der Waals surface area (Å²) in [6.07, 6.45) is 3.56. The molecule has 0 fully saturated rings. The number of hydrogen-bond acceptors (Lipinski definition) is 4. The summed E-state index contributed by atoms with van der Waals surface area (Å²) in [6, 6.07) is 0. The number of thioether (sulfide) groups is 1. The van der Waals surface area contributed by atoms with E-state index < -0.39 is 5.97 Å². The van der Waals surface area contributed by atoms with Crippen molar-refractivity contribution in [1.29, 1.82) is 0 Å². The van der Waals surface area contributed by atoms with E-state index in [1.165, 1.54) is 11.8 Å². The van der Waals surface area contributed by atoms with Crippen LogP contribution in [0.1, 0.15) is 6.92 Å². The molecule has 1 aromatic rings. The summed E-state index contributed by atoms with van der Waals surface area (Å²) >= 11 is 1.21. The number of methoxy groups -OCH3 is 1. The van der Waals surface area contributed by atoms with E-state index in [-0.39, 0.29) is 11.9 Å². The van der Waals surface area contributed by atoms with Crippen LogP contribution in [0.4, 0.5) is 0 Å². The second-order valence-corrected chi connectivity index (χ2v) is 4.03. The summed E-state index contributed by atoms with van der Waals surface area (Å²) in [5, 5.41) is 9.26. The molecule has 0 aromatic carbocycles. The Balaban J connectivity index is 2.56. The normalized spacial score (nSPS) is 12.7. The molecule has 0 aliphatic carbocycles. The van der Waals surface area contributed by atoms with Gasteiger partial charge in [-0.2, -0.15) is 0 Å². The Morgan fingerprint density at radius 1 is 1.80 bits per heavy atom. The third-order valence-electron chi connectivity index (χ3n) is 1.86. The largest absolute Gasteiger partial charge is 0.481 e. The van der Waals surface area contributed by atoms with Gasteiger partial charge in [-0.25, -0.2) is 4.98 Å². The van der Waals surface area contributed by atoms with Crippen LogP contribution in [0.2, 0.25) is 0 Å². The summed E-state index contributed by atoms with van der Waals surface area (Å²) in [5.41, 5.74) is 0. The number of carboxylic acid groups (broad SMARTS) is 1. The molecule has 1 atom stereocenters. The summed E-state index contributed by atoms with van der Waals surface area (Å²) in [4.78, 5) is 14.5. The minimum absolute atomic E-state index is 0.0262. The number of aromatic nitrogens is 2. The second kappa shape index (κ2) is 5.77. The minimum Gasteiger partial charge on any atom is -0.481 e. The lowest BCUT2D eigenvalue weighted by Crippen LogP contribution is -2.15. The van der Waals surface area contributed by atoms with Crippen molar-refractivity contribution >= 4 is 17.7 Å². The Morgan fingerprint density at radius 2 is 2.53 bits per heavy atom. The van der Waals surface area contributed by atoms with Crippen LogP contribution in [0.5, 0.6) is 0 Å². The highest BCUT2D eigenvalue weighted by molar-refractivity contribution is 7.99. The first-order valence-corrected chi connectivity index (χ1v) is 5.50. The molecule has 1 N–H and O–H groups in total. The van der Waals surface area contributed by atoms with Crippen molar-refractivity contribution in [3.63, 3.8) is 0 Å². The zero-order valence-corrected chi connectivity index (χ0v) is 9.53. The predicted octanol–water partition coefficient (Wildman–Crippen LogP) is 1.09. The lowest BCUT2D eigenvalue weighted by atomic mass is 10.4. The van der Waals surface area contributed by atoms with Gasteiger partial charge in [-0.3, -0.25) is 4.79 Å². The maximum atomic E-state index is 10.4. The monoisotopic (exact) mass is 230 g/mol. The van der Waals surface area contributed by atoms with Crippen LogP contribution in [0.3, 0.4) is 0 Å². The van der Waals surface area contributed by atoms with Gasteiger partial charge < -0.3 is 14.4 Å². The van der Waals surface area contributed by atoms with Crippen molar-refractivity contribution in [2.24, 2.45) is 0 Å². The molecule has 1 rings (SSSR count). The van der Waals surface area contributed by atoms with Crippen molar-refractivity contribution in [2.75, 3.05) is 12.9 Å². The fourth-order valence-corrected chi connectivity index (χ4v) is 1.74. The summed E-state index contributed by atoms with van der Waals surface area (Å²) in [7, 11) is 1.64. The van der Waals surface area contributed by atoms with Crippen molar-refractivity contribution in [1.82, 2.24) is 9.55 Å². The quantitative estimate of drug-likeness (QED) is 0.741. The maximum absolute atomic E-state index is 10.4. The first-order chi connectivity index (χ1) is 7.13. The molecule has 0 amide bonds. The highest BCUT2D eigenvalue weighted by atomic mass is 32.2. The molecule has 1 heterocycles. The molecule has 5 nitrogen and oxygen atoms in total. The fourth-order valence-electron chi connectivity index (χ4n) is 1.05. The second-order valence-electron chi connectivity index (χ2n) is 3.09. The van der Waals surface area contributed by atoms with E-state index in [0.29, 0.717) is 11.7 Å². The first-order valence-electron chi connectivity index (χ1n) is 4.52. The molecule has 0 saturated heterocycles. The molecule has 0 aliphatic rings. The fraction of sp³-hybridized carbons (Fsp3) is 0.556. The van der Waals surface area contributed by atoms with E-state index in [1.54, 1.807) is 13.3 Å². The number of rotatable bonds is 6. The first kappa shape index (κ1) is 12.1. The van der Waals surface area contributed by atoms with Gasteiger partial charge in [0.1, 0.15) is 0 Å². The van der Waals surface area contributed by atoms with E-state index in [2.05, 4.69) is 4.98 Å².